The number of nitrogens with zero attached hydrogens (tertiary/aromatic N) is 3. The quantitative estimate of drug-likeness (QED) is 0.125. The second kappa shape index (κ2) is 12.7. The van der Waals surface area contributed by atoms with Gasteiger partial charge in [0.15, 0.2) is 0 Å². The van der Waals surface area contributed by atoms with E-state index >= 15 is 0 Å². The zero-order chi connectivity index (χ0) is 34.3. The molecule has 0 N–H and O–H groups in total. The van der Waals surface area contributed by atoms with Gasteiger partial charge in [-0.15, -0.1) is 0 Å². The molecule has 0 atom stereocenters. The second-order valence-electron chi connectivity index (χ2n) is 13.1. The number of rotatable bonds is 7. The predicted octanol–water partition coefficient (Wildman–Crippen LogP) is 11.1. The van der Waals surface area contributed by atoms with Crippen molar-refractivity contribution in [3.8, 4) is 0 Å². The van der Waals surface area contributed by atoms with Gasteiger partial charge in [-0.25, -0.2) is 0 Å². The Balaban J connectivity index is 1.33. The highest BCUT2D eigenvalue weighted by atomic mass is 15.2. The van der Waals surface area contributed by atoms with Crippen LogP contribution in [0.4, 0.5) is 39.8 Å². The Bertz CT molecular complexity index is 2430. The lowest BCUT2D eigenvalue weighted by Crippen LogP contribution is -2.55. The lowest BCUT2D eigenvalue weighted by atomic mass is 9.33. The first kappa shape index (κ1) is 30.5. The molecule has 0 amide bonds. The molecule has 0 bridgehead atoms. The second-order valence-corrected chi connectivity index (χ2v) is 13.1. The van der Waals surface area contributed by atoms with E-state index in [1.54, 1.807) is 0 Å². The summed E-state index contributed by atoms with van der Waals surface area (Å²) < 4.78 is 0. The fraction of sp³-hybridized carbons (Fsp3) is 0.0213. The van der Waals surface area contributed by atoms with Crippen LogP contribution in [0.5, 0.6) is 0 Å². The van der Waals surface area contributed by atoms with Crippen molar-refractivity contribution in [2.45, 2.75) is 6.92 Å². The molecular formula is C47H36BN3. The molecule has 2 aliphatic heterocycles. The summed E-state index contributed by atoms with van der Waals surface area (Å²) in [6.45, 7) is 6.77. The third-order valence-corrected chi connectivity index (χ3v) is 10.2. The maximum Gasteiger partial charge on any atom is 0.247 e. The van der Waals surface area contributed by atoms with Gasteiger partial charge in [0, 0.05) is 51.2 Å². The van der Waals surface area contributed by atoms with Gasteiger partial charge in [0.25, 0.3) is 0 Å². The number of para-hydroxylation sites is 4. The van der Waals surface area contributed by atoms with Crippen molar-refractivity contribution in [1.29, 1.82) is 0 Å². The zero-order valence-electron chi connectivity index (χ0n) is 28.5. The standard InChI is InChI=1S/C47H36BN3/c1-3-37(49(38-20-7-4-8-21-38)39-22-9-5-10-23-39)33-46-34(2)48-42-26-15-16-27-43(42)50(40-24-11-6-12-25-40)44-28-17-29-45(47(44)48)51(46)41-31-30-35-18-13-14-19-36(35)32-41/h3-33H,1H2,2H3/b37-33+. The summed E-state index contributed by atoms with van der Waals surface area (Å²) in [4.78, 5) is 7.19. The Morgan fingerprint density at radius 3 is 1.80 bits per heavy atom. The van der Waals surface area contributed by atoms with Crippen molar-refractivity contribution >= 4 is 68.2 Å². The first-order chi connectivity index (χ1) is 25.2. The normalized spacial score (nSPS) is 13.6. The summed E-state index contributed by atoms with van der Waals surface area (Å²) in [5.41, 5.74) is 14.0. The van der Waals surface area contributed by atoms with E-state index < -0.39 is 0 Å². The molecule has 51 heavy (non-hydrogen) atoms. The molecule has 2 aliphatic rings. The van der Waals surface area contributed by atoms with Crippen molar-refractivity contribution in [3.05, 3.63) is 212 Å². The van der Waals surface area contributed by atoms with Gasteiger partial charge in [-0.3, -0.25) is 0 Å². The monoisotopic (exact) mass is 653 g/mol. The fourth-order valence-corrected chi connectivity index (χ4v) is 7.94. The summed E-state index contributed by atoms with van der Waals surface area (Å²) in [5, 5.41) is 2.43. The highest BCUT2D eigenvalue weighted by Gasteiger charge is 2.42. The van der Waals surface area contributed by atoms with Gasteiger partial charge in [0.05, 0.1) is 0 Å². The number of fused-ring (bicyclic) bond motifs is 3. The molecule has 7 aromatic carbocycles. The molecule has 0 fully saturated rings. The van der Waals surface area contributed by atoms with Crippen LogP contribution in [0, 0.1) is 0 Å². The maximum absolute atomic E-state index is 4.39. The summed E-state index contributed by atoms with van der Waals surface area (Å²) in [5.74, 6) is 0. The molecule has 0 radical (unpaired) electrons. The van der Waals surface area contributed by atoms with Crippen LogP contribution >= 0.6 is 0 Å². The van der Waals surface area contributed by atoms with E-state index in [0.29, 0.717) is 0 Å². The van der Waals surface area contributed by atoms with Crippen LogP contribution in [0.3, 0.4) is 0 Å². The molecule has 4 heteroatoms. The molecule has 0 aliphatic carbocycles. The average molecular weight is 654 g/mol. The minimum atomic E-state index is 0.0586. The van der Waals surface area contributed by atoms with Crippen molar-refractivity contribution < 1.29 is 0 Å². The van der Waals surface area contributed by atoms with Gasteiger partial charge in [-0.1, -0.05) is 121 Å². The molecule has 7 aromatic rings. The van der Waals surface area contributed by atoms with E-state index in [9.17, 15) is 0 Å². The SMILES string of the molecule is C=C/C(=C\C1=C(C)B2c3ccccc3N(c3ccccc3)c3cccc(c32)N1c1ccc2ccccc2c1)N(c1ccccc1)c1ccccc1. The molecule has 2 heterocycles. The minimum absolute atomic E-state index is 0.0586. The van der Waals surface area contributed by atoms with Crippen LogP contribution in [0.15, 0.2) is 212 Å². The molecule has 9 rings (SSSR count). The number of allylic oxidation sites excluding steroid dienone is 3. The first-order valence-electron chi connectivity index (χ1n) is 17.5. The molecular weight excluding hydrogens is 617 g/mol. The minimum Gasteiger partial charge on any atom is -0.312 e. The first-order valence-corrected chi connectivity index (χ1v) is 17.5. The lowest BCUT2D eigenvalue weighted by molar-refractivity contribution is 1.14. The Hall–Kier alpha value is -6.52. The Labute approximate surface area is 300 Å². The van der Waals surface area contributed by atoms with Gasteiger partial charge < -0.3 is 14.7 Å². The van der Waals surface area contributed by atoms with Crippen LogP contribution in [0.1, 0.15) is 6.92 Å². The van der Waals surface area contributed by atoms with E-state index in [-0.39, 0.29) is 6.71 Å². The molecule has 0 aromatic heterocycles. The predicted molar refractivity (Wildman–Crippen MR) is 218 cm³/mol. The Morgan fingerprint density at radius 1 is 0.549 bits per heavy atom. The van der Waals surface area contributed by atoms with Gasteiger partial charge in [-0.2, -0.15) is 0 Å². The number of hydrogen-bond donors (Lipinski definition) is 0. The molecule has 3 nitrogen and oxygen atoms in total. The average Bonchev–Trinajstić information content (AvgIpc) is 3.20. The van der Waals surface area contributed by atoms with E-state index in [4.69, 9.17) is 0 Å². The van der Waals surface area contributed by atoms with Gasteiger partial charge >= 0.3 is 0 Å². The molecule has 242 valence electrons. The van der Waals surface area contributed by atoms with E-state index in [2.05, 4.69) is 210 Å². The van der Waals surface area contributed by atoms with E-state index in [0.717, 1.165) is 34.1 Å². The number of benzene rings is 7. The summed E-state index contributed by atoms with van der Waals surface area (Å²) >= 11 is 0. The maximum atomic E-state index is 4.39. The third kappa shape index (κ3) is 5.16. The highest BCUT2D eigenvalue weighted by Crippen LogP contribution is 2.45. The molecule has 0 saturated carbocycles. The third-order valence-electron chi connectivity index (χ3n) is 10.2. The number of hydrogen-bond acceptors (Lipinski definition) is 3. The van der Waals surface area contributed by atoms with Crippen molar-refractivity contribution in [3.63, 3.8) is 0 Å². The van der Waals surface area contributed by atoms with Crippen LogP contribution < -0.4 is 25.6 Å². The van der Waals surface area contributed by atoms with Crippen molar-refractivity contribution in [1.82, 2.24) is 0 Å². The molecule has 0 unspecified atom stereocenters. The summed E-state index contributed by atoms with van der Waals surface area (Å²) in [6.07, 6.45) is 4.32. The topological polar surface area (TPSA) is 9.72 Å². The van der Waals surface area contributed by atoms with Gasteiger partial charge in [0.2, 0.25) is 6.71 Å². The van der Waals surface area contributed by atoms with Gasteiger partial charge in [0.1, 0.15) is 0 Å². The van der Waals surface area contributed by atoms with Crippen LogP contribution in [-0.4, -0.2) is 6.71 Å². The van der Waals surface area contributed by atoms with Crippen molar-refractivity contribution in [2.75, 3.05) is 14.7 Å². The van der Waals surface area contributed by atoms with Gasteiger partial charge in [-0.05, 0) is 108 Å². The molecule has 0 spiro atoms. The van der Waals surface area contributed by atoms with Crippen LogP contribution in [0.2, 0.25) is 0 Å². The van der Waals surface area contributed by atoms with E-state index in [1.807, 2.05) is 6.08 Å². The Kier molecular flexibility index (Phi) is 7.63. The fourth-order valence-electron chi connectivity index (χ4n) is 7.94. The lowest BCUT2D eigenvalue weighted by Gasteiger charge is -2.44. The van der Waals surface area contributed by atoms with E-state index in [1.165, 1.54) is 44.2 Å². The van der Waals surface area contributed by atoms with Crippen LogP contribution in [-0.2, 0) is 0 Å². The van der Waals surface area contributed by atoms with Crippen LogP contribution in [0.25, 0.3) is 10.8 Å². The summed E-state index contributed by atoms with van der Waals surface area (Å²) in [6, 6.07) is 63.0. The smallest absolute Gasteiger partial charge is 0.247 e. The molecule has 0 saturated heterocycles. The summed E-state index contributed by atoms with van der Waals surface area (Å²) in [7, 11) is 0. The zero-order valence-corrected chi connectivity index (χ0v) is 28.5. The largest absolute Gasteiger partial charge is 0.312 e. The number of anilines is 7. The van der Waals surface area contributed by atoms with Crippen molar-refractivity contribution in [2.24, 2.45) is 0 Å². The highest BCUT2D eigenvalue weighted by molar-refractivity contribution is 6.95. The Morgan fingerprint density at radius 2 is 1.12 bits per heavy atom.